The fraction of sp³-hybridized carbons (Fsp3) is 0.455. The van der Waals surface area contributed by atoms with Crippen LogP contribution in [0.1, 0.15) is 19.2 Å². The minimum absolute atomic E-state index is 0.217. The van der Waals surface area contributed by atoms with Crippen LogP contribution in [-0.4, -0.2) is 19.7 Å². The van der Waals surface area contributed by atoms with E-state index >= 15 is 0 Å². The molecule has 0 spiro atoms. The maximum absolute atomic E-state index is 8.58. The van der Waals surface area contributed by atoms with E-state index in [1.807, 2.05) is 24.7 Å². The summed E-state index contributed by atoms with van der Waals surface area (Å²) in [5.41, 5.74) is 0. The van der Waals surface area contributed by atoms with E-state index in [2.05, 4.69) is 21.2 Å². The topological polar surface area (TPSA) is 80.5 Å². The van der Waals surface area contributed by atoms with Crippen LogP contribution in [0.2, 0.25) is 0 Å². The van der Waals surface area contributed by atoms with Crippen LogP contribution in [-0.2, 0) is 13.5 Å². The maximum Gasteiger partial charge on any atom is 0.238 e. The molecule has 0 N–H and O–H groups in total. The van der Waals surface area contributed by atoms with Crippen molar-refractivity contribution in [2.75, 3.05) is 0 Å². The maximum atomic E-state index is 8.58. The van der Waals surface area contributed by atoms with E-state index in [1.54, 1.807) is 6.20 Å². The lowest BCUT2D eigenvalue weighted by atomic mass is 10.1. The molecular formula is C11H13N5O. The predicted octanol–water partition coefficient (Wildman–Crippen LogP) is 1.56. The zero-order chi connectivity index (χ0) is 12.3. The molecular weight excluding hydrogens is 218 g/mol. The summed E-state index contributed by atoms with van der Waals surface area (Å²) in [5, 5.41) is 12.5. The first kappa shape index (κ1) is 11.3. The highest BCUT2D eigenvalue weighted by Gasteiger charge is 2.14. The van der Waals surface area contributed by atoms with Gasteiger partial charge in [-0.15, -0.1) is 0 Å². The van der Waals surface area contributed by atoms with Crippen molar-refractivity contribution in [3.63, 3.8) is 0 Å². The van der Waals surface area contributed by atoms with Crippen molar-refractivity contribution in [3.05, 3.63) is 18.3 Å². The number of nitrogens with zero attached hydrogens (tertiary/aromatic N) is 5. The largest absolute Gasteiger partial charge is 0.339 e. The minimum atomic E-state index is 0.217. The zero-order valence-electron chi connectivity index (χ0n) is 9.79. The summed E-state index contributed by atoms with van der Waals surface area (Å²) in [5.74, 6) is 1.92. The van der Waals surface area contributed by atoms with Crippen molar-refractivity contribution in [3.8, 4) is 17.7 Å². The Hall–Kier alpha value is -2.16. The van der Waals surface area contributed by atoms with Crippen molar-refractivity contribution in [1.82, 2.24) is 19.7 Å². The molecule has 0 radical (unpaired) electrons. The summed E-state index contributed by atoms with van der Waals surface area (Å²) >= 11 is 0. The molecule has 88 valence electrons. The standard InChI is InChI=1S/C11H13N5O/c1-8(3-4-12)7-9-14-10(15-17-9)11-13-5-6-16(11)2/h5-6,8H,3,7H2,1-2H3. The first-order chi connectivity index (χ1) is 8.20. The summed E-state index contributed by atoms with van der Waals surface area (Å²) in [6.07, 6.45) is 4.61. The van der Waals surface area contributed by atoms with Gasteiger partial charge in [-0.05, 0) is 5.92 Å². The molecule has 0 amide bonds. The average molecular weight is 231 g/mol. The van der Waals surface area contributed by atoms with Crippen LogP contribution in [0.25, 0.3) is 11.6 Å². The smallest absolute Gasteiger partial charge is 0.238 e. The first-order valence-corrected chi connectivity index (χ1v) is 5.38. The average Bonchev–Trinajstić information content (AvgIpc) is 2.87. The summed E-state index contributed by atoms with van der Waals surface area (Å²) in [7, 11) is 1.87. The fourth-order valence-corrected chi connectivity index (χ4v) is 1.54. The number of imidazole rings is 1. The highest BCUT2D eigenvalue weighted by Crippen LogP contribution is 2.15. The van der Waals surface area contributed by atoms with Crippen molar-refractivity contribution < 1.29 is 4.52 Å². The SMILES string of the molecule is CC(CC#N)Cc1nc(-c2nccn2C)no1. The molecule has 6 heteroatoms. The van der Waals surface area contributed by atoms with Crippen LogP contribution in [0.3, 0.4) is 0 Å². The van der Waals surface area contributed by atoms with Gasteiger partial charge in [-0.3, -0.25) is 0 Å². The van der Waals surface area contributed by atoms with Gasteiger partial charge in [-0.1, -0.05) is 12.1 Å². The van der Waals surface area contributed by atoms with Crippen LogP contribution in [0, 0.1) is 17.2 Å². The molecule has 0 aliphatic rings. The van der Waals surface area contributed by atoms with E-state index in [0.717, 1.165) is 0 Å². The molecule has 0 aliphatic heterocycles. The molecule has 0 saturated heterocycles. The first-order valence-electron chi connectivity index (χ1n) is 5.38. The van der Waals surface area contributed by atoms with Gasteiger partial charge in [-0.2, -0.15) is 10.2 Å². The van der Waals surface area contributed by atoms with Gasteiger partial charge >= 0.3 is 0 Å². The van der Waals surface area contributed by atoms with Crippen molar-refractivity contribution >= 4 is 0 Å². The Morgan fingerprint density at radius 3 is 3.06 bits per heavy atom. The van der Waals surface area contributed by atoms with E-state index < -0.39 is 0 Å². The number of hydrogen-bond acceptors (Lipinski definition) is 5. The molecule has 0 aromatic carbocycles. The minimum Gasteiger partial charge on any atom is -0.339 e. The van der Waals surface area contributed by atoms with Gasteiger partial charge in [0, 0.05) is 32.3 Å². The van der Waals surface area contributed by atoms with Gasteiger partial charge < -0.3 is 9.09 Å². The van der Waals surface area contributed by atoms with Gasteiger partial charge in [0.25, 0.3) is 0 Å². The van der Waals surface area contributed by atoms with Gasteiger partial charge in [0.15, 0.2) is 5.82 Å². The molecule has 0 saturated carbocycles. The molecule has 0 fully saturated rings. The van der Waals surface area contributed by atoms with Crippen LogP contribution in [0.4, 0.5) is 0 Å². The van der Waals surface area contributed by atoms with E-state index in [4.69, 9.17) is 9.78 Å². The second-order valence-electron chi connectivity index (χ2n) is 4.05. The van der Waals surface area contributed by atoms with Crippen LogP contribution in [0.5, 0.6) is 0 Å². The Balaban J connectivity index is 2.12. The second-order valence-corrected chi connectivity index (χ2v) is 4.05. The Labute approximate surface area is 98.9 Å². The van der Waals surface area contributed by atoms with Gasteiger partial charge in [0.2, 0.25) is 11.7 Å². The zero-order valence-corrected chi connectivity index (χ0v) is 9.79. The molecule has 0 bridgehead atoms. The molecule has 6 nitrogen and oxygen atoms in total. The lowest BCUT2D eigenvalue weighted by Gasteiger charge is -2.00. The van der Waals surface area contributed by atoms with Crippen molar-refractivity contribution in [1.29, 1.82) is 5.26 Å². The molecule has 2 aromatic heterocycles. The summed E-state index contributed by atoms with van der Waals surface area (Å²) in [4.78, 5) is 8.41. The van der Waals surface area contributed by atoms with E-state index in [0.29, 0.717) is 30.4 Å². The monoisotopic (exact) mass is 231 g/mol. The molecule has 2 rings (SSSR count). The Kier molecular flexibility index (Phi) is 3.19. The lowest BCUT2D eigenvalue weighted by molar-refractivity contribution is 0.359. The third-order valence-corrected chi connectivity index (χ3v) is 2.45. The predicted molar refractivity (Wildman–Crippen MR) is 59.6 cm³/mol. The van der Waals surface area contributed by atoms with Crippen LogP contribution in [0.15, 0.2) is 16.9 Å². The third kappa shape index (κ3) is 2.50. The fourth-order valence-electron chi connectivity index (χ4n) is 1.54. The number of nitriles is 1. The molecule has 1 unspecified atom stereocenters. The Morgan fingerprint density at radius 1 is 1.59 bits per heavy atom. The molecule has 1 atom stereocenters. The van der Waals surface area contributed by atoms with Gasteiger partial charge in [-0.25, -0.2) is 4.98 Å². The number of hydrogen-bond donors (Lipinski definition) is 0. The highest BCUT2D eigenvalue weighted by molar-refractivity contribution is 5.42. The summed E-state index contributed by atoms with van der Waals surface area (Å²) in [6.45, 7) is 1.98. The van der Waals surface area contributed by atoms with Gasteiger partial charge in [0.05, 0.1) is 6.07 Å². The molecule has 2 aromatic rings. The number of rotatable bonds is 4. The normalized spacial score (nSPS) is 12.3. The second kappa shape index (κ2) is 4.78. The Bertz CT molecular complexity index is 536. The van der Waals surface area contributed by atoms with E-state index in [-0.39, 0.29) is 5.92 Å². The van der Waals surface area contributed by atoms with Crippen LogP contribution >= 0.6 is 0 Å². The van der Waals surface area contributed by atoms with Crippen molar-refractivity contribution in [2.45, 2.75) is 19.8 Å². The molecule has 0 aliphatic carbocycles. The quantitative estimate of drug-likeness (QED) is 0.797. The summed E-state index contributed by atoms with van der Waals surface area (Å²) in [6, 6.07) is 2.12. The highest BCUT2D eigenvalue weighted by atomic mass is 16.5. The lowest BCUT2D eigenvalue weighted by Crippen LogP contribution is -1.99. The molecule has 2 heterocycles. The third-order valence-electron chi connectivity index (χ3n) is 2.45. The number of aromatic nitrogens is 4. The molecule has 17 heavy (non-hydrogen) atoms. The Morgan fingerprint density at radius 2 is 2.41 bits per heavy atom. The van der Waals surface area contributed by atoms with E-state index in [1.165, 1.54) is 0 Å². The summed E-state index contributed by atoms with van der Waals surface area (Å²) < 4.78 is 6.96. The van der Waals surface area contributed by atoms with Crippen LogP contribution < -0.4 is 0 Å². The van der Waals surface area contributed by atoms with Gasteiger partial charge in [0.1, 0.15) is 0 Å². The number of aryl methyl sites for hydroxylation is 1. The van der Waals surface area contributed by atoms with Crippen molar-refractivity contribution in [2.24, 2.45) is 13.0 Å². The van der Waals surface area contributed by atoms with E-state index in [9.17, 15) is 0 Å².